The first-order valence-electron chi connectivity index (χ1n) is 8.44. The molecule has 2 aromatic rings. The molecule has 0 saturated carbocycles. The average molecular weight is 343 g/mol. The second-order valence-corrected chi connectivity index (χ2v) is 6.26. The Balaban J connectivity index is 1.54. The molecule has 132 valence electrons. The number of methoxy groups -OCH3 is 1. The number of aryl methyl sites for hydroxylation is 2. The van der Waals surface area contributed by atoms with E-state index in [0.29, 0.717) is 11.3 Å². The van der Waals surface area contributed by atoms with Crippen LogP contribution >= 0.6 is 0 Å². The maximum Gasteiger partial charge on any atom is 0.258 e. The lowest BCUT2D eigenvalue weighted by Crippen LogP contribution is -2.31. The van der Waals surface area contributed by atoms with Crippen LogP contribution in [0.1, 0.15) is 36.1 Å². The molecule has 1 atom stereocenters. The van der Waals surface area contributed by atoms with E-state index >= 15 is 0 Å². The molecule has 25 heavy (non-hydrogen) atoms. The summed E-state index contributed by atoms with van der Waals surface area (Å²) < 4.78 is 24.2. The lowest BCUT2D eigenvalue weighted by molar-refractivity contribution is -0.123. The molecule has 0 spiro atoms. The summed E-state index contributed by atoms with van der Waals surface area (Å²) in [5, 5.41) is 2.81. The molecular weight excluding hydrogens is 321 g/mol. The van der Waals surface area contributed by atoms with Gasteiger partial charge >= 0.3 is 0 Å². The van der Waals surface area contributed by atoms with Crippen LogP contribution in [0.2, 0.25) is 0 Å². The van der Waals surface area contributed by atoms with Crippen LogP contribution in [0.15, 0.2) is 36.4 Å². The number of amides is 1. The molecular formula is C20H22FNO3. The zero-order valence-corrected chi connectivity index (χ0v) is 14.5. The number of halogens is 1. The van der Waals surface area contributed by atoms with Gasteiger partial charge in [-0.1, -0.05) is 12.1 Å². The molecule has 0 radical (unpaired) electrons. The first-order valence-corrected chi connectivity index (χ1v) is 8.44. The minimum atomic E-state index is -0.449. The van der Waals surface area contributed by atoms with Crippen LogP contribution in [-0.4, -0.2) is 19.6 Å². The van der Waals surface area contributed by atoms with Crippen molar-refractivity contribution in [3.8, 4) is 11.5 Å². The highest BCUT2D eigenvalue weighted by Gasteiger charge is 2.14. The Kier molecular flexibility index (Phi) is 5.22. The minimum absolute atomic E-state index is 0.0677. The Morgan fingerprint density at radius 1 is 1.20 bits per heavy atom. The Labute approximate surface area is 147 Å². The van der Waals surface area contributed by atoms with Crippen LogP contribution in [0.25, 0.3) is 0 Å². The van der Waals surface area contributed by atoms with Crippen molar-refractivity contribution in [1.82, 2.24) is 5.32 Å². The number of carbonyl (C=O) groups is 1. The molecule has 1 aliphatic carbocycles. The van der Waals surface area contributed by atoms with Crippen molar-refractivity contribution in [2.45, 2.75) is 32.2 Å². The van der Waals surface area contributed by atoms with Crippen molar-refractivity contribution in [3.05, 3.63) is 58.9 Å². The smallest absolute Gasteiger partial charge is 0.258 e. The first kappa shape index (κ1) is 17.3. The fraction of sp³-hybridized carbons (Fsp3) is 0.350. The highest BCUT2D eigenvalue weighted by atomic mass is 19.1. The molecule has 3 rings (SSSR count). The molecule has 0 aromatic heterocycles. The monoisotopic (exact) mass is 343 g/mol. The number of carbonyl (C=O) groups excluding carboxylic acids is 1. The summed E-state index contributed by atoms with van der Waals surface area (Å²) >= 11 is 0. The van der Waals surface area contributed by atoms with Crippen molar-refractivity contribution in [2.75, 3.05) is 13.7 Å². The van der Waals surface area contributed by atoms with Crippen molar-refractivity contribution in [3.63, 3.8) is 0 Å². The van der Waals surface area contributed by atoms with Crippen molar-refractivity contribution in [1.29, 1.82) is 0 Å². The molecule has 1 amide bonds. The summed E-state index contributed by atoms with van der Waals surface area (Å²) in [6.45, 7) is 1.73. The largest absolute Gasteiger partial charge is 0.494 e. The van der Waals surface area contributed by atoms with E-state index in [2.05, 4.69) is 11.4 Å². The Hall–Kier alpha value is -2.56. The standard InChI is InChI=1S/C20H22FNO3/c1-13(15-7-9-19(24-2)18(21)11-15)22-20(23)12-25-17-8-6-14-4-3-5-16(14)10-17/h6-11,13H,3-5,12H2,1-2H3,(H,22,23)/t13-/m0/s1. The number of ether oxygens (including phenoxy) is 2. The summed E-state index contributed by atoms with van der Waals surface area (Å²) in [4.78, 5) is 12.1. The van der Waals surface area contributed by atoms with E-state index in [0.717, 1.165) is 12.8 Å². The number of rotatable bonds is 6. The first-order chi connectivity index (χ1) is 12.1. The Morgan fingerprint density at radius 3 is 2.76 bits per heavy atom. The van der Waals surface area contributed by atoms with Crippen LogP contribution in [0.3, 0.4) is 0 Å². The molecule has 0 unspecified atom stereocenters. The predicted molar refractivity (Wildman–Crippen MR) is 93.5 cm³/mol. The number of hydrogen-bond acceptors (Lipinski definition) is 3. The Morgan fingerprint density at radius 2 is 2.00 bits per heavy atom. The summed E-state index contributed by atoms with van der Waals surface area (Å²) in [5.41, 5.74) is 3.34. The van der Waals surface area contributed by atoms with Gasteiger partial charge in [-0.3, -0.25) is 4.79 Å². The Bertz CT molecular complexity index is 776. The number of hydrogen-bond donors (Lipinski definition) is 1. The molecule has 2 aromatic carbocycles. The third-order valence-electron chi connectivity index (χ3n) is 4.49. The van der Waals surface area contributed by atoms with Gasteiger partial charge in [-0.15, -0.1) is 0 Å². The van der Waals surface area contributed by atoms with Crippen LogP contribution in [0, 0.1) is 5.82 Å². The van der Waals surface area contributed by atoms with Gasteiger partial charge in [-0.25, -0.2) is 4.39 Å². The maximum atomic E-state index is 13.8. The van der Waals surface area contributed by atoms with Gasteiger partial charge < -0.3 is 14.8 Å². The minimum Gasteiger partial charge on any atom is -0.494 e. The van der Waals surface area contributed by atoms with E-state index in [-0.39, 0.29) is 24.3 Å². The summed E-state index contributed by atoms with van der Waals surface area (Å²) in [6.07, 6.45) is 3.36. The van der Waals surface area contributed by atoms with Gasteiger partial charge in [0.2, 0.25) is 0 Å². The third kappa shape index (κ3) is 4.10. The van der Waals surface area contributed by atoms with E-state index in [1.807, 2.05) is 12.1 Å². The van der Waals surface area contributed by atoms with Crippen LogP contribution < -0.4 is 14.8 Å². The summed E-state index contributed by atoms with van der Waals surface area (Å²) in [7, 11) is 1.42. The number of nitrogens with one attached hydrogen (secondary N) is 1. The van der Waals surface area contributed by atoms with Crippen LogP contribution in [0.5, 0.6) is 11.5 Å². The SMILES string of the molecule is COc1ccc([C@H](C)NC(=O)COc2ccc3c(c2)CCC3)cc1F. The van der Waals surface area contributed by atoms with E-state index in [1.165, 1.54) is 30.7 Å². The molecule has 0 bridgehead atoms. The van der Waals surface area contributed by atoms with E-state index in [1.54, 1.807) is 19.1 Å². The number of fused-ring (bicyclic) bond motifs is 1. The van der Waals surface area contributed by atoms with Gasteiger partial charge in [0.15, 0.2) is 18.2 Å². The van der Waals surface area contributed by atoms with Gasteiger partial charge in [0, 0.05) is 0 Å². The second-order valence-electron chi connectivity index (χ2n) is 6.26. The average Bonchev–Trinajstić information content (AvgIpc) is 3.07. The van der Waals surface area contributed by atoms with Gasteiger partial charge in [-0.05, 0) is 67.1 Å². The van der Waals surface area contributed by atoms with Crippen molar-refractivity contribution < 1.29 is 18.7 Å². The van der Waals surface area contributed by atoms with Gasteiger partial charge in [0.25, 0.3) is 5.91 Å². The van der Waals surface area contributed by atoms with Crippen molar-refractivity contribution in [2.24, 2.45) is 0 Å². The quantitative estimate of drug-likeness (QED) is 0.872. The summed E-state index contributed by atoms with van der Waals surface area (Å²) in [6, 6.07) is 10.3. The normalized spacial score (nSPS) is 13.9. The van der Waals surface area contributed by atoms with E-state index in [4.69, 9.17) is 9.47 Å². The highest BCUT2D eigenvalue weighted by molar-refractivity contribution is 5.78. The second kappa shape index (κ2) is 7.55. The number of benzene rings is 2. The lowest BCUT2D eigenvalue weighted by atomic mass is 10.1. The van der Waals surface area contributed by atoms with Crippen LogP contribution in [-0.2, 0) is 17.6 Å². The van der Waals surface area contributed by atoms with Crippen molar-refractivity contribution >= 4 is 5.91 Å². The van der Waals surface area contributed by atoms with Gasteiger partial charge in [0.05, 0.1) is 13.2 Å². The highest BCUT2D eigenvalue weighted by Crippen LogP contribution is 2.26. The predicted octanol–water partition coefficient (Wildman–Crippen LogP) is 3.58. The molecule has 0 fully saturated rings. The zero-order chi connectivity index (χ0) is 17.8. The molecule has 4 nitrogen and oxygen atoms in total. The summed E-state index contributed by atoms with van der Waals surface area (Å²) in [5.74, 6) is 0.195. The maximum absolute atomic E-state index is 13.8. The zero-order valence-electron chi connectivity index (χ0n) is 14.5. The van der Waals surface area contributed by atoms with Gasteiger partial charge in [-0.2, -0.15) is 0 Å². The molecule has 1 aliphatic rings. The third-order valence-corrected chi connectivity index (χ3v) is 4.49. The molecule has 0 heterocycles. The van der Waals surface area contributed by atoms with E-state index in [9.17, 15) is 9.18 Å². The molecule has 0 aliphatic heterocycles. The molecule has 1 N–H and O–H groups in total. The molecule has 0 saturated heterocycles. The van der Waals surface area contributed by atoms with Gasteiger partial charge in [0.1, 0.15) is 5.75 Å². The topological polar surface area (TPSA) is 47.6 Å². The fourth-order valence-corrected chi connectivity index (χ4v) is 3.11. The fourth-order valence-electron chi connectivity index (χ4n) is 3.11. The van der Waals surface area contributed by atoms with Crippen LogP contribution in [0.4, 0.5) is 4.39 Å². The molecule has 5 heteroatoms. The van der Waals surface area contributed by atoms with E-state index < -0.39 is 5.82 Å². The lowest BCUT2D eigenvalue weighted by Gasteiger charge is -2.16.